The molecular formula is C28H29FN2O4. The molecule has 3 aromatic carbocycles. The Kier molecular flexibility index (Phi) is 7.67. The normalized spacial score (nSPS) is 11.9. The summed E-state index contributed by atoms with van der Waals surface area (Å²) in [5, 5.41) is 14.0. The van der Waals surface area contributed by atoms with Gasteiger partial charge in [-0.3, -0.25) is 4.79 Å². The highest BCUT2D eigenvalue weighted by atomic mass is 19.1. The van der Waals surface area contributed by atoms with Crippen LogP contribution in [-0.4, -0.2) is 42.4 Å². The number of benzene rings is 3. The predicted octanol–water partition coefficient (Wildman–Crippen LogP) is 5.10. The number of carbonyl (C=O) groups excluding carboxylic acids is 1. The van der Waals surface area contributed by atoms with Crippen molar-refractivity contribution >= 4 is 16.8 Å². The molecule has 0 fully saturated rings. The smallest absolute Gasteiger partial charge is 0.255 e. The minimum atomic E-state index is -0.516. The summed E-state index contributed by atoms with van der Waals surface area (Å²) in [6.45, 7) is 2.18. The molecule has 0 aliphatic heterocycles. The fraction of sp³-hybridized carbons (Fsp3) is 0.250. The quantitative estimate of drug-likeness (QED) is 0.297. The van der Waals surface area contributed by atoms with E-state index >= 15 is 0 Å². The summed E-state index contributed by atoms with van der Waals surface area (Å²) < 4.78 is 25.8. The van der Waals surface area contributed by atoms with Gasteiger partial charge in [0.1, 0.15) is 5.75 Å². The molecule has 4 aromatic rings. The minimum absolute atomic E-state index is 0.124. The Morgan fingerprint density at radius 2 is 1.94 bits per heavy atom. The lowest BCUT2D eigenvalue weighted by Gasteiger charge is -2.18. The first kappa shape index (κ1) is 24.3. The number of amides is 1. The number of hydrogen-bond acceptors (Lipinski definition) is 4. The summed E-state index contributed by atoms with van der Waals surface area (Å²) in [7, 11) is 1.41. The Labute approximate surface area is 203 Å². The number of hydrogen-bond donors (Lipinski definition) is 3. The highest BCUT2D eigenvalue weighted by Crippen LogP contribution is 2.32. The molecule has 0 aliphatic carbocycles. The van der Waals surface area contributed by atoms with Crippen molar-refractivity contribution in [1.82, 2.24) is 10.3 Å². The van der Waals surface area contributed by atoms with E-state index in [4.69, 9.17) is 9.47 Å². The fourth-order valence-corrected chi connectivity index (χ4v) is 4.09. The van der Waals surface area contributed by atoms with Crippen LogP contribution in [0.4, 0.5) is 4.39 Å². The van der Waals surface area contributed by atoms with Crippen LogP contribution in [0.3, 0.4) is 0 Å². The second-order valence-corrected chi connectivity index (χ2v) is 8.30. The Morgan fingerprint density at radius 3 is 2.71 bits per heavy atom. The number of rotatable bonds is 10. The third-order valence-corrected chi connectivity index (χ3v) is 5.88. The molecule has 0 radical (unpaired) electrons. The highest BCUT2D eigenvalue weighted by molar-refractivity contribution is 5.98. The molecule has 1 heterocycles. The molecule has 4 rings (SSSR count). The van der Waals surface area contributed by atoms with Crippen molar-refractivity contribution < 1.29 is 23.8 Å². The molecule has 7 heteroatoms. The van der Waals surface area contributed by atoms with Gasteiger partial charge in [0.2, 0.25) is 0 Å². The zero-order chi connectivity index (χ0) is 24.8. The van der Waals surface area contributed by atoms with Crippen LogP contribution in [0.25, 0.3) is 22.0 Å². The lowest BCUT2D eigenvalue weighted by atomic mass is 10.0. The van der Waals surface area contributed by atoms with Crippen LogP contribution in [0, 0.1) is 5.82 Å². The van der Waals surface area contributed by atoms with Crippen molar-refractivity contribution in [3.05, 3.63) is 83.8 Å². The Morgan fingerprint density at radius 1 is 1.11 bits per heavy atom. The average Bonchev–Trinajstić information content (AvgIpc) is 3.29. The number of aromatic nitrogens is 1. The maximum absolute atomic E-state index is 14.9. The predicted molar refractivity (Wildman–Crippen MR) is 135 cm³/mol. The third kappa shape index (κ3) is 5.30. The summed E-state index contributed by atoms with van der Waals surface area (Å²) in [6.07, 6.45) is 3.11. The molecule has 3 N–H and O–H groups in total. The molecule has 0 saturated heterocycles. The number of halogens is 1. The summed E-state index contributed by atoms with van der Waals surface area (Å²) in [5.41, 5.74) is 3.10. The van der Waals surface area contributed by atoms with E-state index in [0.717, 1.165) is 22.9 Å². The number of nitrogens with one attached hydrogen (secondary N) is 2. The third-order valence-electron chi connectivity index (χ3n) is 5.88. The van der Waals surface area contributed by atoms with Gasteiger partial charge in [0, 0.05) is 22.7 Å². The lowest BCUT2D eigenvalue weighted by molar-refractivity contribution is 0.0912. The van der Waals surface area contributed by atoms with Gasteiger partial charge in [0.25, 0.3) is 5.91 Å². The minimum Gasteiger partial charge on any atom is -0.494 e. The number of ether oxygens (including phenoxy) is 2. The van der Waals surface area contributed by atoms with E-state index < -0.39 is 17.8 Å². The number of H-pyrrole nitrogens is 1. The van der Waals surface area contributed by atoms with E-state index in [9.17, 15) is 14.3 Å². The number of aliphatic hydroxyl groups excluding tert-OH is 1. The second-order valence-electron chi connectivity index (χ2n) is 8.30. The Balaban J connectivity index is 1.63. The molecule has 35 heavy (non-hydrogen) atoms. The van der Waals surface area contributed by atoms with Crippen molar-refractivity contribution in [3.8, 4) is 22.6 Å². The van der Waals surface area contributed by atoms with E-state index in [0.29, 0.717) is 29.9 Å². The van der Waals surface area contributed by atoms with Gasteiger partial charge in [-0.2, -0.15) is 0 Å². The van der Waals surface area contributed by atoms with Crippen LogP contribution in [-0.2, 0) is 6.42 Å². The molecule has 0 spiro atoms. The summed E-state index contributed by atoms with van der Waals surface area (Å²) in [6, 6.07) is 17.2. The largest absolute Gasteiger partial charge is 0.494 e. The van der Waals surface area contributed by atoms with Crippen LogP contribution in [0.5, 0.6) is 11.5 Å². The van der Waals surface area contributed by atoms with Crippen LogP contribution >= 0.6 is 0 Å². The molecule has 0 saturated carbocycles. The van der Waals surface area contributed by atoms with E-state index in [1.807, 2.05) is 37.4 Å². The molecule has 0 unspecified atom stereocenters. The van der Waals surface area contributed by atoms with Crippen molar-refractivity contribution in [2.24, 2.45) is 0 Å². The van der Waals surface area contributed by atoms with Gasteiger partial charge in [0.15, 0.2) is 11.6 Å². The van der Waals surface area contributed by atoms with Gasteiger partial charge in [0.05, 0.1) is 31.9 Å². The molecule has 1 atom stereocenters. The molecule has 6 nitrogen and oxygen atoms in total. The molecule has 0 bridgehead atoms. The number of aliphatic hydroxyl groups is 1. The standard InChI is InChI=1S/C28H29FN2O4/c1-3-13-35-25-12-11-18(22-8-6-10-26(34-2)27(22)29)15-23(25)28(33)31-20(17-32)14-19-16-30-24-9-5-4-7-21(19)24/h4-12,15-16,20,30,32H,3,13-14,17H2,1-2H3,(H,31,33)/t20-/m0/s1. The van der Waals surface area contributed by atoms with Crippen molar-refractivity contribution in [2.75, 3.05) is 20.3 Å². The monoisotopic (exact) mass is 476 g/mol. The second kappa shape index (κ2) is 11.1. The van der Waals surface area contributed by atoms with Crippen LogP contribution in [0.1, 0.15) is 29.3 Å². The summed E-state index contributed by atoms with van der Waals surface area (Å²) in [4.78, 5) is 16.6. The van der Waals surface area contributed by atoms with E-state index in [2.05, 4.69) is 10.3 Å². The van der Waals surface area contributed by atoms with Crippen molar-refractivity contribution in [2.45, 2.75) is 25.8 Å². The van der Waals surface area contributed by atoms with Crippen LogP contribution < -0.4 is 14.8 Å². The highest BCUT2D eigenvalue weighted by Gasteiger charge is 2.21. The number of carbonyl (C=O) groups is 1. The van der Waals surface area contributed by atoms with E-state index in [1.165, 1.54) is 7.11 Å². The zero-order valence-electron chi connectivity index (χ0n) is 19.8. The van der Waals surface area contributed by atoms with Crippen LogP contribution in [0.2, 0.25) is 0 Å². The number of aromatic amines is 1. The fourth-order valence-electron chi connectivity index (χ4n) is 4.09. The Hall–Kier alpha value is -3.84. The zero-order valence-corrected chi connectivity index (χ0v) is 19.8. The van der Waals surface area contributed by atoms with Crippen molar-refractivity contribution in [3.63, 3.8) is 0 Å². The van der Waals surface area contributed by atoms with Gasteiger partial charge in [-0.15, -0.1) is 0 Å². The average molecular weight is 477 g/mol. The molecule has 1 aromatic heterocycles. The summed E-state index contributed by atoms with van der Waals surface area (Å²) >= 11 is 0. The van der Waals surface area contributed by atoms with Gasteiger partial charge >= 0.3 is 0 Å². The molecule has 0 aliphatic rings. The van der Waals surface area contributed by atoms with Crippen molar-refractivity contribution in [1.29, 1.82) is 0 Å². The lowest BCUT2D eigenvalue weighted by Crippen LogP contribution is -2.39. The molecular weight excluding hydrogens is 447 g/mol. The molecule has 1 amide bonds. The van der Waals surface area contributed by atoms with E-state index in [-0.39, 0.29) is 17.9 Å². The number of fused-ring (bicyclic) bond motifs is 1. The first-order valence-electron chi connectivity index (χ1n) is 11.6. The Bertz CT molecular complexity index is 1320. The SMILES string of the molecule is CCCOc1ccc(-c2cccc(OC)c2F)cc1C(=O)N[C@H](CO)Cc1c[nH]c2ccccc12. The summed E-state index contributed by atoms with van der Waals surface area (Å²) in [5.74, 6) is -0.379. The topological polar surface area (TPSA) is 83.6 Å². The first-order valence-corrected chi connectivity index (χ1v) is 11.6. The van der Waals surface area contributed by atoms with Crippen LogP contribution in [0.15, 0.2) is 66.9 Å². The molecule has 182 valence electrons. The first-order chi connectivity index (χ1) is 17.0. The van der Waals surface area contributed by atoms with Gasteiger partial charge in [-0.25, -0.2) is 4.39 Å². The maximum Gasteiger partial charge on any atom is 0.255 e. The maximum atomic E-state index is 14.9. The number of para-hydroxylation sites is 1. The van der Waals surface area contributed by atoms with Gasteiger partial charge < -0.3 is 24.9 Å². The number of methoxy groups -OCH3 is 1. The van der Waals surface area contributed by atoms with Gasteiger partial charge in [-0.1, -0.05) is 43.3 Å². The van der Waals surface area contributed by atoms with Gasteiger partial charge in [-0.05, 0) is 48.2 Å². The van der Waals surface area contributed by atoms with E-state index in [1.54, 1.807) is 36.4 Å².